The van der Waals surface area contributed by atoms with Crippen molar-refractivity contribution >= 4 is 22.7 Å². The van der Waals surface area contributed by atoms with Gasteiger partial charge < -0.3 is 19.1 Å². The molecule has 0 saturated heterocycles. The summed E-state index contributed by atoms with van der Waals surface area (Å²) >= 11 is 0. The molecule has 6 heteroatoms. The topological polar surface area (TPSA) is 79.6 Å². The van der Waals surface area contributed by atoms with Crippen LogP contribution >= 0.6 is 0 Å². The predicted molar refractivity (Wildman–Crippen MR) is 70.8 cm³/mol. The number of aliphatic carboxylic acids is 1. The van der Waals surface area contributed by atoms with Crippen molar-refractivity contribution in [1.82, 2.24) is 0 Å². The van der Waals surface area contributed by atoms with Gasteiger partial charge in [0.15, 0.2) is 17.1 Å². The number of aryl methyl sites for hydroxylation is 2. The van der Waals surface area contributed by atoms with Gasteiger partial charge in [0.05, 0.1) is 7.11 Å². The number of carboxylic acids is 1. The van der Waals surface area contributed by atoms with E-state index in [4.69, 9.17) is 9.15 Å². The first-order chi connectivity index (χ1) is 9.45. The van der Waals surface area contributed by atoms with Gasteiger partial charge in [-0.25, -0.2) is 0 Å². The van der Waals surface area contributed by atoms with Gasteiger partial charge in [-0.15, -0.1) is 0 Å². The molecular formula is C15H15NaO5. The Kier molecular flexibility index (Phi) is 6.01. The quantitative estimate of drug-likeness (QED) is 0.510. The number of benzene rings is 1. The molecule has 0 aliphatic carbocycles. The van der Waals surface area contributed by atoms with Crippen LogP contribution < -0.4 is 39.4 Å². The Morgan fingerprint density at radius 3 is 2.48 bits per heavy atom. The molecule has 0 aliphatic rings. The van der Waals surface area contributed by atoms with Crippen LogP contribution in [0, 0.1) is 13.8 Å². The third kappa shape index (κ3) is 3.48. The van der Waals surface area contributed by atoms with Crippen molar-refractivity contribution in [2.45, 2.75) is 26.7 Å². The fourth-order valence-corrected chi connectivity index (χ4v) is 2.19. The molecule has 0 fully saturated rings. The Morgan fingerprint density at radius 2 is 1.90 bits per heavy atom. The van der Waals surface area contributed by atoms with Crippen molar-refractivity contribution < 1.29 is 53.4 Å². The zero-order chi connectivity index (χ0) is 14.9. The fraction of sp³-hybridized carbons (Fsp3) is 0.333. The Labute approximate surface area is 144 Å². The van der Waals surface area contributed by atoms with Crippen molar-refractivity contribution in [2.75, 3.05) is 7.11 Å². The van der Waals surface area contributed by atoms with E-state index in [1.165, 1.54) is 7.11 Å². The van der Waals surface area contributed by atoms with Crippen molar-refractivity contribution in [2.24, 2.45) is 0 Å². The van der Waals surface area contributed by atoms with Gasteiger partial charge in [-0.3, -0.25) is 4.79 Å². The smallest absolute Gasteiger partial charge is 0.550 e. The van der Waals surface area contributed by atoms with Crippen molar-refractivity contribution in [3.05, 3.63) is 29.0 Å². The van der Waals surface area contributed by atoms with Crippen molar-refractivity contribution in [3.63, 3.8) is 0 Å². The van der Waals surface area contributed by atoms with Crippen molar-refractivity contribution in [1.29, 1.82) is 0 Å². The van der Waals surface area contributed by atoms with E-state index in [9.17, 15) is 14.7 Å². The first-order valence-corrected chi connectivity index (χ1v) is 6.25. The molecule has 1 heterocycles. The van der Waals surface area contributed by atoms with Gasteiger partial charge in [-0.1, -0.05) is 0 Å². The van der Waals surface area contributed by atoms with Crippen molar-refractivity contribution in [3.8, 4) is 5.75 Å². The van der Waals surface area contributed by atoms with Crippen LogP contribution in [0.1, 0.15) is 34.5 Å². The van der Waals surface area contributed by atoms with Crippen LogP contribution in [0.2, 0.25) is 0 Å². The molecule has 0 atom stereocenters. The number of methoxy groups -OCH3 is 1. The Morgan fingerprint density at radius 1 is 1.24 bits per heavy atom. The molecule has 1 aromatic carbocycles. The third-order valence-electron chi connectivity index (χ3n) is 3.36. The maximum Gasteiger partial charge on any atom is 1.00 e. The molecule has 0 aliphatic heterocycles. The van der Waals surface area contributed by atoms with E-state index in [1.807, 2.05) is 13.8 Å². The standard InChI is InChI=1S/C15H16O5.Na/c1-8-9(2)20-15-12(19-3)6-4-10(14(8)15)11(16)5-7-13(17)18;/h4,6H,5,7H2,1-3H3,(H,17,18);/q;+1/p-1. The monoisotopic (exact) mass is 298 g/mol. The van der Waals surface area contributed by atoms with Gasteiger partial charge in [-0.05, 0) is 38.0 Å². The summed E-state index contributed by atoms with van der Waals surface area (Å²) < 4.78 is 10.9. The minimum absolute atomic E-state index is 0. The molecule has 21 heavy (non-hydrogen) atoms. The van der Waals surface area contributed by atoms with Gasteiger partial charge in [0, 0.05) is 23.3 Å². The van der Waals surface area contributed by atoms with E-state index >= 15 is 0 Å². The minimum atomic E-state index is -1.23. The first-order valence-electron chi connectivity index (χ1n) is 6.25. The number of Topliss-reactive ketones (excluding diaryl/α,β-unsaturated/α-hetero) is 1. The number of ketones is 1. The van der Waals surface area contributed by atoms with Crippen LogP contribution in [-0.2, 0) is 4.79 Å². The maximum absolute atomic E-state index is 12.2. The average Bonchev–Trinajstić information content (AvgIpc) is 2.71. The summed E-state index contributed by atoms with van der Waals surface area (Å²) in [7, 11) is 1.53. The van der Waals surface area contributed by atoms with Crippen LogP contribution in [0.3, 0.4) is 0 Å². The number of fused-ring (bicyclic) bond motifs is 1. The first kappa shape index (κ1) is 17.8. The Bertz CT molecular complexity index is 687. The third-order valence-corrected chi connectivity index (χ3v) is 3.36. The van der Waals surface area contributed by atoms with Gasteiger partial charge >= 0.3 is 29.6 Å². The summed E-state index contributed by atoms with van der Waals surface area (Å²) in [4.78, 5) is 22.6. The molecule has 0 unspecified atom stereocenters. The van der Waals surface area contributed by atoms with Crippen LogP contribution in [-0.4, -0.2) is 18.9 Å². The molecule has 5 nitrogen and oxygen atoms in total. The van der Waals surface area contributed by atoms with Crippen LogP contribution in [0.15, 0.2) is 16.5 Å². The second-order valence-electron chi connectivity index (χ2n) is 4.60. The molecule has 0 N–H and O–H groups in total. The number of carboxylic acid groups (broad SMARTS) is 1. The molecular weight excluding hydrogens is 283 g/mol. The van der Waals surface area contributed by atoms with Gasteiger partial charge in [0.25, 0.3) is 0 Å². The number of hydrogen-bond donors (Lipinski definition) is 0. The molecule has 2 rings (SSSR count). The second kappa shape index (κ2) is 7.11. The summed E-state index contributed by atoms with van der Waals surface area (Å²) in [6, 6.07) is 3.29. The SMILES string of the molecule is COc1ccc(C(=O)CCC(=O)[O-])c2c(C)c(C)oc12.[Na+]. The molecule has 0 amide bonds. The molecule has 106 valence electrons. The minimum Gasteiger partial charge on any atom is -0.550 e. The fourth-order valence-electron chi connectivity index (χ4n) is 2.19. The van der Waals surface area contributed by atoms with Gasteiger partial charge in [0.1, 0.15) is 5.76 Å². The van der Waals surface area contributed by atoms with E-state index in [0.29, 0.717) is 28.0 Å². The number of carbonyl (C=O) groups is 2. The van der Waals surface area contributed by atoms with Crippen LogP contribution in [0.5, 0.6) is 5.75 Å². The number of ether oxygens (including phenoxy) is 1. The number of rotatable bonds is 5. The Balaban J connectivity index is 0.00000220. The predicted octanol–water partition coefficient (Wildman–Crippen LogP) is -1.22. The van der Waals surface area contributed by atoms with E-state index in [1.54, 1.807) is 12.1 Å². The van der Waals surface area contributed by atoms with Crippen LogP contribution in [0.4, 0.5) is 0 Å². The summed E-state index contributed by atoms with van der Waals surface area (Å²) in [5, 5.41) is 11.2. The molecule has 0 saturated carbocycles. The van der Waals surface area contributed by atoms with E-state index in [0.717, 1.165) is 5.56 Å². The molecule has 0 bridgehead atoms. The average molecular weight is 298 g/mol. The maximum atomic E-state index is 12.2. The normalized spacial score (nSPS) is 10.2. The van der Waals surface area contributed by atoms with Gasteiger partial charge in [0.2, 0.25) is 0 Å². The zero-order valence-electron chi connectivity index (χ0n) is 12.6. The van der Waals surface area contributed by atoms with E-state index in [-0.39, 0.29) is 48.2 Å². The largest absolute Gasteiger partial charge is 1.00 e. The van der Waals surface area contributed by atoms with E-state index < -0.39 is 5.97 Å². The summed E-state index contributed by atoms with van der Waals surface area (Å²) in [5.41, 5.74) is 1.83. The van der Waals surface area contributed by atoms with Crippen LogP contribution in [0.25, 0.3) is 11.0 Å². The molecule has 0 spiro atoms. The number of furan rings is 1. The number of hydrogen-bond acceptors (Lipinski definition) is 5. The van der Waals surface area contributed by atoms with Gasteiger partial charge in [-0.2, -0.15) is 0 Å². The van der Waals surface area contributed by atoms with E-state index in [2.05, 4.69) is 0 Å². The second-order valence-corrected chi connectivity index (χ2v) is 4.60. The zero-order valence-corrected chi connectivity index (χ0v) is 14.6. The molecule has 2 aromatic rings. The molecule has 0 radical (unpaired) electrons. The number of carbonyl (C=O) groups excluding carboxylic acids is 2. The summed E-state index contributed by atoms with van der Waals surface area (Å²) in [5.74, 6) is -0.222. The summed E-state index contributed by atoms with van der Waals surface area (Å²) in [6.07, 6.45) is -0.379. The Hall–Kier alpha value is -1.30. The summed E-state index contributed by atoms with van der Waals surface area (Å²) in [6.45, 7) is 3.67. The molecule has 1 aromatic heterocycles.